The summed E-state index contributed by atoms with van der Waals surface area (Å²) in [5.74, 6) is 0.495. The average Bonchev–Trinajstić information content (AvgIpc) is 2.73. The summed E-state index contributed by atoms with van der Waals surface area (Å²) in [6.07, 6.45) is 1.97. The van der Waals surface area contributed by atoms with Crippen molar-refractivity contribution in [1.82, 2.24) is 15.2 Å². The van der Waals surface area contributed by atoms with Gasteiger partial charge in [-0.25, -0.2) is 13.1 Å². The Morgan fingerprint density at radius 3 is 2.74 bits per heavy atom. The number of nitrogens with one attached hydrogen (secondary N) is 2. The minimum Gasteiger partial charge on any atom is -0.361 e. The molecular formula is C12H21N3O3S. The molecule has 2 rings (SSSR count). The number of hydrogen-bond donors (Lipinski definition) is 2. The third kappa shape index (κ3) is 4.29. The van der Waals surface area contributed by atoms with Gasteiger partial charge >= 0.3 is 0 Å². The zero-order valence-corrected chi connectivity index (χ0v) is 12.2. The van der Waals surface area contributed by atoms with E-state index in [1.807, 2.05) is 0 Å². The van der Waals surface area contributed by atoms with Crippen LogP contribution in [-0.4, -0.2) is 33.2 Å². The second-order valence-electron chi connectivity index (χ2n) is 5.57. The molecule has 0 radical (unpaired) electrons. The highest BCUT2D eigenvalue weighted by atomic mass is 32.2. The lowest BCUT2D eigenvalue weighted by Crippen LogP contribution is -2.43. The molecule has 0 amide bonds. The molecule has 1 saturated heterocycles. The molecule has 0 unspecified atom stereocenters. The molecule has 0 aromatic carbocycles. The minimum atomic E-state index is -3.35. The van der Waals surface area contributed by atoms with E-state index in [0.29, 0.717) is 18.0 Å². The summed E-state index contributed by atoms with van der Waals surface area (Å²) < 4.78 is 31.5. The van der Waals surface area contributed by atoms with Gasteiger partial charge in [0.2, 0.25) is 10.0 Å². The second-order valence-corrected chi connectivity index (χ2v) is 7.38. The van der Waals surface area contributed by atoms with Gasteiger partial charge in [0.25, 0.3) is 0 Å². The Hall–Kier alpha value is -0.920. The van der Waals surface area contributed by atoms with Gasteiger partial charge < -0.3 is 9.84 Å². The molecule has 1 aliphatic rings. The van der Waals surface area contributed by atoms with Crippen LogP contribution in [0.25, 0.3) is 0 Å². The van der Waals surface area contributed by atoms with Gasteiger partial charge in [-0.1, -0.05) is 12.1 Å². The van der Waals surface area contributed by atoms with Crippen molar-refractivity contribution in [2.45, 2.75) is 32.4 Å². The van der Waals surface area contributed by atoms with Gasteiger partial charge in [0.05, 0.1) is 0 Å². The first-order valence-corrected chi connectivity index (χ1v) is 8.14. The summed E-state index contributed by atoms with van der Waals surface area (Å²) in [6.45, 7) is 6.23. The van der Waals surface area contributed by atoms with Crippen molar-refractivity contribution in [3.8, 4) is 0 Å². The molecule has 0 atom stereocenters. The van der Waals surface area contributed by atoms with E-state index in [0.717, 1.165) is 25.9 Å². The summed E-state index contributed by atoms with van der Waals surface area (Å²) in [6, 6.07) is 1.64. The monoisotopic (exact) mass is 287 g/mol. The van der Waals surface area contributed by atoms with Crippen LogP contribution in [-0.2, 0) is 15.8 Å². The lowest BCUT2D eigenvalue weighted by molar-refractivity contribution is 0.232. The van der Waals surface area contributed by atoms with Gasteiger partial charge in [0.1, 0.15) is 17.2 Å². The Labute approximate surface area is 114 Å². The maximum absolute atomic E-state index is 12.0. The molecule has 6 nitrogen and oxygen atoms in total. The molecule has 2 heterocycles. The molecule has 0 spiro atoms. The number of aromatic nitrogens is 1. The van der Waals surface area contributed by atoms with E-state index in [9.17, 15) is 8.42 Å². The molecular weight excluding hydrogens is 266 g/mol. The van der Waals surface area contributed by atoms with Gasteiger partial charge in [0.15, 0.2) is 0 Å². The summed E-state index contributed by atoms with van der Waals surface area (Å²) in [5, 5.41) is 6.99. The zero-order chi connectivity index (χ0) is 13.9. The lowest BCUT2D eigenvalue weighted by Gasteiger charge is -2.34. The largest absolute Gasteiger partial charge is 0.361 e. The van der Waals surface area contributed by atoms with E-state index in [1.165, 1.54) is 0 Å². The quantitative estimate of drug-likeness (QED) is 0.836. The summed E-state index contributed by atoms with van der Waals surface area (Å²) in [7, 11) is -3.35. The van der Waals surface area contributed by atoms with E-state index in [1.54, 1.807) is 13.0 Å². The topological polar surface area (TPSA) is 84.2 Å². The molecule has 1 aromatic heterocycles. The van der Waals surface area contributed by atoms with Crippen LogP contribution >= 0.6 is 0 Å². The lowest BCUT2D eigenvalue weighted by atomic mass is 9.81. The summed E-state index contributed by atoms with van der Waals surface area (Å²) in [5.41, 5.74) is 0.485. The third-order valence-electron chi connectivity index (χ3n) is 3.54. The van der Waals surface area contributed by atoms with Gasteiger partial charge in [-0.3, -0.25) is 0 Å². The predicted octanol–water partition coefficient (Wildman–Crippen LogP) is 0.792. The van der Waals surface area contributed by atoms with Crippen LogP contribution in [0.5, 0.6) is 0 Å². The molecule has 1 aromatic rings. The van der Waals surface area contributed by atoms with Gasteiger partial charge in [-0.15, -0.1) is 0 Å². The molecule has 2 N–H and O–H groups in total. The van der Waals surface area contributed by atoms with Crippen LogP contribution in [0.1, 0.15) is 31.2 Å². The molecule has 0 aliphatic carbocycles. The van der Waals surface area contributed by atoms with Crippen molar-refractivity contribution in [2.75, 3.05) is 19.6 Å². The van der Waals surface area contributed by atoms with Crippen LogP contribution in [0.4, 0.5) is 0 Å². The molecule has 19 heavy (non-hydrogen) atoms. The first-order chi connectivity index (χ1) is 8.89. The number of sulfonamides is 1. The van der Waals surface area contributed by atoms with Crippen molar-refractivity contribution in [3.63, 3.8) is 0 Å². The van der Waals surface area contributed by atoms with Gasteiger partial charge in [-0.2, -0.15) is 0 Å². The second kappa shape index (κ2) is 5.60. The van der Waals surface area contributed by atoms with Crippen molar-refractivity contribution < 1.29 is 12.9 Å². The van der Waals surface area contributed by atoms with E-state index in [2.05, 4.69) is 22.1 Å². The van der Waals surface area contributed by atoms with Crippen molar-refractivity contribution in [3.05, 3.63) is 17.5 Å². The summed E-state index contributed by atoms with van der Waals surface area (Å²) in [4.78, 5) is 0. The van der Waals surface area contributed by atoms with Gasteiger partial charge in [0, 0.05) is 12.6 Å². The highest BCUT2D eigenvalue weighted by molar-refractivity contribution is 7.88. The highest BCUT2D eigenvalue weighted by Crippen LogP contribution is 2.27. The standard InChI is InChI=1S/C12H21N3O3S/c1-10-7-11(15-18-10)8-19(16,17)14-9-12(2)3-5-13-6-4-12/h7,13-14H,3-6,8-9H2,1-2H3. The molecule has 0 saturated carbocycles. The fourth-order valence-electron chi connectivity index (χ4n) is 2.22. The van der Waals surface area contributed by atoms with Crippen LogP contribution < -0.4 is 10.0 Å². The number of piperidine rings is 1. The average molecular weight is 287 g/mol. The molecule has 1 aliphatic heterocycles. The first-order valence-electron chi connectivity index (χ1n) is 6.49. The number of aryl methyl sites for hydroxylation is 1. The van der Waals surface area contributed by atoms with E-state index >= 15 is 0 Å². The highest BCUT2D eigenvalue weighted by Gasteiger charge is 2.28. The Morgan fingerprint density at radius 2 is 2.16 bits per heavy atom. The Bertz CT molecular complexity index is 518. The molecule has 7 heteroatoms. The van der Waals surface area contributed by atoms with Gasteiger partial charge in [-0.05, 0) is 38.3 Å². The van der Waals surface area contributed by atoms with Crippen molar-refractivity contribution in [2.24, 2.45) is 5.41 Å². The molecule has 1 fully saturated rings. The van der Waals surface area contributed by atoms with E-state index in [4.69, 9.17) is 4.52 Å². The fourth-order valence-corrected chi connectivity index (χ4v) is 3.42. The third-order valence-corrected chi connectivity index (χ3v) is 4.80. The van der Waals surface area contributed by atoms with Crippen molar-refractivity contribution >= 4 is 10.0 Å². The fraction of sp³-hybridized carbons (Fsp3) is 0.750. The molecule has 108 valence electrons. The normalized spacial score (nSPS) is 19.5. The zero-order valence-electron chi connectivity index (χ0n) is 11.4. The first kappa shape index (κ1) is 14.5. The van der Waals surface area contributed by atoms with E-state index < -0.39 is 10.0 Å². The van der Waals surface area contributed by atoms with Crippen LogP contribution in [0, 0.1) is 12.3 Å². The van der Waals surface area contributed by atoms with E-state index in [-0.39, 0.29) is 11.2 Å². The number of hydrogen-bond acceptors (Lipinski definition) is 5. The Kier molecular flexibility index (Phi) is 4.27. The Morgan fingerprint density at radius 1 is 1.47 bits per heavy atom. The summed E-state index contributed by atoms with van der Waals surface area (Å²) >= 11 is 0. The smallest absolute Gasteiger partial charge is 0.217 e. The minimum absolute atomic E-state index is 0.0397. The Balaban J connectivity index is 1.90. The predicted molar refractivity (Wildman–Crippen MR) is 72.1 cm³/mol. The van der Waals surface area contributed by atoms with Crippen LogP contribution in [0.15, 0.2) is 10.6 Å². The van der Waals surface area contributed by atoms with Crippen molar-refractivity contribution in [1.29, 1.82) is 0 Å². The SMILES string of the molecule is Cc1cc(CS(=O)(=O)NCC2(C)CCNCC2)no1. The molecule has 0 bridgehead atoms. The maximum atomic E-state index is 12.0. The number of rotatable bonds is 5. The van der Waals surface area contributed by atoms with Crippen LogP contribution in [0.2, 0.25) is 0 Å². The van der Waals surface area contributed by atoms with Crippen LogP contribution in [0.3, 0.4) is 0 Å². The maximum Gasteiger partial charge on any atom is 0.217 e. The number of nitrogens with zero attached hydrogens (tertiary/aromatic N) is 1.